The summed E-state index contributed by atoms with van der Waals surface area (Å²) < 4.78 is -0.577. The average molecular weight is 341 g/mol. The summed E-state index contributed by atoms with van der Waals surface area (Å²) >= 11 is 1.72. The van der Waals surface area contributed by atoms with Gasteiger partial charge in [0.2, 0.25) is 5.91 Å². The van der Waals surface area contributed by atoms with Gasteiger partial charge in [-0.3, -0.25) is 10.2 Å². The normalized spacial score (nSPS) is 18.4. The van der Waals surface area contributed by atoms with Gasteiger partial charge < -0.3 is 10.4 Å². The first-order chi connectivity index (χ1) is 10.5. The molecule has 0 aliphatic heterocycles. The topological polar surface area (TPSA) is 73.2 Å². The molecule has 0 heterocycles. The van der Waals surface area contributed by atoms with Gasteiger partial charge in [0, 0.05) is 16.7 Å². The number of carbonyl (C=O) groups excluding carboxylic acids is 1. The average Bonchev–Trinajstić information content (AvgIpc) is 2.65. The van der Waals surface area contributed by atoms with Crippen molar-refractivity contribution in [1.82, 2.24) is 5.32 Å². The molecule has 0 unspecified atom stereocenters. The predicted molar refractivity (Wildman–Crippen MR) is 99.2 cm³/mol. The Morgan fingerprint density at radius 2 is 1.65 bits per heavy atom. The maximum absolute atomic E-state index is 12.5. The van der Waals surface area contributed by atoms with Crippen molar-refractivity contribution < 1.29 is 9.90 Å². The number of thioether (sulfide) groups is 1. The molecule has 1 rings (SSSR count). The van der Waals surface area contributed by atoms with E-state index in [2.05, 4.69) is 5.32 Å². The Balaban J connectivity index is 2.62. The van der Waals surface area contributed by atoms with E-state index in [1.165, 1.54) is 44.6 Å². The van der Waals surface area contributed by atoms with Crippen LogP contribution in [-0.2, 0) is 4.79 Å². The second-order valence-corrected chi connectivity index (χ2v) is 9.81. The maximum atomic E-state index is 12.5. The molecule has 0 aromatic rings. The van der Waals surface area contributed by atoms with Crippen LogP contribution in [0.1, 0.15) is 73.1 Å². The molecule has 0 bridgehead atoms. The molecule has 1 saturated carbocycles. The molecule has 1 fully saturated rings. The molecule has 0 spiro atoms. The summed E-state index contributed by atoms with van der Waals surface area (Å²) in [7, 11) is 0. The SMILES string of the molecule is CC(C)(SC1CCCCCC1)C(=O)NC(=N)/C=C(\O)C(C)(C)C. The van der Waals surface area contributed by atoms with Crippen molar-refractivity contribution in [2.75, 3.05) is 0 Å². The molecule has 1 aliphatic rings. The fraction of sp³-hybridized carbons (Fsp3) is 0.778. The summed E-state index contributed by atoms with van der Waals surface area (Å²) in [6.45, 7) is 9.41. The number of aliphatic hydroxyl groups excluding tert-OH is 1. The van der Waals surface area contributed by atoms with Gasteiger partial charge >= 0.3 is 0 Å². The molecule has 4 nitrogen and oxygen atoms in total. The van der Waals surface area contributed by atoms with Crippen LogP contribution in [-0.4, -0.2) is 26.8 Å². The molecular formula is C18H32N2O2S. The van der Waals surface area contributed by atoms with E-state index in [-0.39, 0.29) is 17.5 Å². The highest BCUT2D eigenvalue weighted by atomic mass is 32.2. The van der Waals surface area contributed by atoms with Gasteiger partial charge in [-0.25, -0.2) is 0 Å². The number of aliphatic hydroxyl groups is 1. The zero-order chi connectivity index (χ0) is 17.7. The highest BCUT2D eigenvalue weighted by Gasteiger charge is 2.32. The number of rotatable bonds is 4. The van der Waals surface area contributed by atoms with Crippen molar-refractivity contribution in [2.45, 2.75) is 83.1 Å². The van der Waals surface area contributed by atoms with Crippen LogP contribution in [0.4, 0.5) is 0 Å². The Labute approximate surface area is 145 Å². The van der Waals surface area contributed by atoms with Crippen LogP contribution in [0.15, 0.2) is 11.8 Å². The molecule has 1 aliphatic carbocycles. The van der Waals surface area contributed by atoms with Crippen LogP contribution in [0, 0.1) is 10.8 Å². The smallest absolute Gasteiger partial charge is 0.241 e. The largest absolute Gasteiger partial charge is 0.512 e. The second-order valence-electron chi connectivity index (χ2n) is 7.89. The van der Waals surface area contributed by atoms with E-state index in [1.54, 1.807) is 11.8 Å². The third-order valence-electron chi connectivity index (χ3n) is 4.11. The van der Waals surface area contributed by atoms with Crippen LogP contribution >= 0.6 is 11.8 Å². The third kappa shape index (κ3) is 6.98. The lowest BCUT2D eigenvalue weighted by molar-refractivity contribution is -0.121. The van der Waals surface area contributed by atoms with Crippen molar-refractivity contribution in [2.24, 2.45) is 5.41 Å². The number of amidine groups is 1. The summed E-state index contributed by atoms with van der Waals surface area (Å²) in [5.74, 6) is -0.135. The van der Waals surface area contributed by atoms with Gasteiger partial charge in [-0.15, -0.1) is 11.8 Å². The van der Waals surface area contributed by atoms with Gasteiger partial charge in [0.15, 0.2) is 0 Å². The van der Waals surface area contributed by atoms with Crippen LogP contribution in [0.2, 0.25) is 0 Å². The Morgan fingerprint density at radius 3 is 2.13 bits per heavy atom. The number of carbonyl (C=O) groups is 1. The molecule has 3 N–H and O–H groups in total. The lowest BCUT2D eigenvalue weighted by Crippen LogP contribution is -2.43. The van der Waals surface area contributed by atoms with Crippen LogP contribution < -0.4 is 5.32 Å². The Hall–Kier alpha value is -0.970. The monoisotopic (exact) mass is 340 g/mol. The van der Waals surface area contributed by atoms with E-state index in [0.717, 1.165) is 0 Å². The fourth-order valence-corrected chi connectivity index (χ4v) is 4.05. The molecule has 23 heavy (non-hydrogen) atoms. The van der Waals surface area contributed by atoms with E-state index in [4.69, 9.17) is 5.41 Å². The zero-order valence-corrected chi connectivity index (χ0v) is 16.0. The number of nitrogens with one attached hydrogen (secondary N) is 2. The van der Waals surface area contributed by atoms with Crippen LogP contribution in [0.25, 0.3) is 0 Å². The Kier molecular flexibility index (Phi) is 7.18. The van der Waals surface area contributed by atoms with Crippen molar-refractivity contribution in [3.63, 3.8) is 0 Å². The van der Waals surface area contributed by atoms with Gasteiger partial charge in [-0.2, -0.15) is 0 Å². The Morgan fingerprint density at radius 1 is 1.13 bits per heavy atom. The minimum atomic E-state index is -0.577. The summed E-state index contributed by atoms with van der Waals surface area (Å²) in [6.07, 6.45) is 8.74. The second kappa shape index (κ2) is 8.22. The third-order valence-corrected chi connectivity index (χ3v) is 5.69. The van der Waals surface area contributed by atoms with Crippen LogP contribution in [0.5, 0.6) is 0 Å². The van der Waals surface area contributed by atoms with E-state index < -0.39 is 10.2 Å². The van der Waals surface area contributed by atoms with Crippen molar-refractivity contribution >= 4 is 23.5 Å². The first-order valence-electron chi connectivity index (χ1n) is 8.51. The van der Waals surface area contributed by atoms with Crippen molar-refractivity contribution in [3.8, 4) is 0 Å². The molecule has 0 radical (unpaired) electrons. The van der Waals surface area contributed by atoms with E-state index in [0.29, 0.717) is 5.25 Å². The summed E-state index contributed by atoms with van der Waals surface area (Å²) in [5, 5.41) is 20.9. The summed E-state index contributed by atoms with van der Waals surface area (Å²) in [6, 6.07) is 0. The van der Waals surface area contributed by atoms with Gasteiger partial charge in [0.1, 0.15) is 11.6 Å². The van der Waals surface area contributed by atoms with E-state index in [9.17, 15) is 9.90 Å². The Bertz CT molecular complexity index is 456. The zero-order valence-electron chi connectivity index (χ0n) is 15.2. The molecule has 132 valence electrons. The molecule has 1 amide bonds. The number of allylic oxidation sites excluding steroid dienone is 1. The number of hydrogen-bond donors (Lipinski definition) is 3. The standard InChI is InChI=1S/C18H32N2O2S/c1-17(2,3)14(21)12-15(19)20-16(22)18(4,5)23-13-10-8-6-7-9-11-13/h12-13,21H,6-11H2,1-5H3,(H2,19,20,22)/b14-12-. The highest BCUT2D eigenvalue weighted by Crippen LogP contribution is 2.36. The molecular weight excluding hydrogens is 308 g/mol. The quantitative estimate of drug-likeness (QED) is 0.298. The summed E-state index contributed by atoms with van der Waals surface area (Å²) in [5.41, 5.74) is -0.429. The lowest BCUT2D eigenvalue weighted by Gasteiger charge is -2.28. The van der Waals surface area contributed by atoms with Crippen LogP contribution in [0.3, 0.4) is 0 Å². The number of hydrogen-bond acceptors (Lipinski definition) is 4. The summed E-state index contributed by atoms with van der Waals surface area (Å²) in [4.78, 5) is 12.5. The van der Waals surface area contributed by atoms with Crippen molar-refractivity contribution in [1.29, 1.82) is 5.41 Å². The molecule has 0 aromatic carbocycles. The van der Waals surface area contributed by atoms with Crippen molar-refractivity contribution in [3.05, 3.63) is 11.8 Å². The molecule has 0 saturated heterocycles. The van der Waals surface area contributed by atoms with Gasteiger partial charge in [0.05, 0.1) is 4.75 Å². The van der Waals surface area contributed by atoms with Gasteiger partial charge in [0.25, 0.3) is 0 Å². The first kappa shape index (κ1) is 20.1. The highest BCUT2D eigenvalue weighted by molar-refractivity contribution is 8.01. The minimum absolute atomic E-state index is 0.0584. The van der Waals surface area contributed by atoms with Gasteiger partial charge in [-0.05, 0) is 26.7 Å². The fourth-order valence-electron chi connectivity index (χ4n) is 2.49. The minimum Gasteiger partial charge on any atom is -0.512 e. The molecule has 0 atom stereocenters. The van der Waals surface area contributed by atoms with E-state index >= 15 is 0 Å². The molecule has 0 aromatic heterocycles. The molecule has 5 heteroatoms. The number of amides is 1. The first-order valence-corrected chi connectivity index (χ1v) is 9.39. The lowest BCUT2D eigenvalue weighted by atomic mass is 9.93. The van der Waals surface area contributed by atoms with Gasteiger partial charge in [-0.1, -0.05) is 46.5 Å². The van der Waals surface area contributed by atoms with E-state index in [1.807, 2.05) is 34.6 Å². The maximum Gasteiger partial charge on any atom is 0.241 e. The predicted octanol–water partition coefficient (Wildman–Crippen LogP) is 4.80.